The smallest absolute Gasteiger partial charge is 0.165 e. The van der Waals surface area contributed by atoms with Gasteiger partial charge in [-0.3, -0.25) is 0 Å². The van der Waals surface area contributed by atoms with Crippen molar-refractivity contribution >= 4 is 11.0 Å². The lowest BCUT2D eigenvalue weighted by Crippen LogP contribution is -2.04. The van der Waals surface area contributed by atoms with Crippen molar-refractivity contribution in [3.05, 3.63) is 29.6 Å². The van der Waals surface area contributed by atoms with Gasteiger partial charge in [-0.25, -0.2) is 4.98 Å². The van der Waals surface area contributed by atoms with Gasteiger partial charge in [-0.2, -0.15) is 0 Å². The molecule has 0 saturated carbocycles. The molecule has 66 valence electrons. The molecule has 0 spiro atoms. The number of aromatic nitrogens is 3. The van der Waals surface area contributed by atoms with Crippen LogP contribution in [0.5, 0.6) is 0 Å². The van der Waals surface area contributed by atoms with Crippen LogP contribution in [-0.2, 0) is 6.54 Å². The van der Waals surface area contributed by atoms with E-state index in [-0.39, 0.29) is 0 Å². The third-order valence-electron chi connectivity index (χ3n) is 1.84. The van der Waals surface area contributed by atoms with Crippen LogP contribution in [0.15, 0.2) is 18.2 Å². The fourth-order valence-corrected chi connectivity index (χ4v) is 1.17. The summed E-state index contributed by atoms with van der Waals surface area (Å²) in [6.45, 7) is 2.35. The Morgan fingerprint density at radius 2 is 2.08 bits per heavy atom. The topological polar surface area (TPSA) is 64.7 Å². The molecule has 1 aromatic carbocycles. The molecule has 0 aliphatic heterocycles. The van der Waals surface area contributed by atoms with Gasteiger partial charge in [-0.15, -0.1) is 10.2 Å². The number of hydrogen-bond acceptors (Lipinski definition) is 4. The Morgan fingerprint density at radius 1 is 1.23 bits per heavy atom. The van der Waals surface area contributed by atoms with E-state index in [9.17, 15) is 0 Å². The Labute approximate surface area is 75.8 Å². The molecule has 1 heterocycles. The molecule has 0 aliphatic rings. The number of benzene rings is 1. The summed E-state index contributed by atoms with van der Waals surface area (Å²) in [4.78, 5) is 4.26. The number of hydrogen-bond donors (Lipinski definition) is 1. The summed E-state index contributed by atoms with van der Waals surface area (Å²) in [6, 6.07) is 5.87. The lowest BCUT2D eigenvalue weighted by Gasteiger charge is -1.98. The van der Waals surface area contributed by atoms with E-state index < -0.39 is 0 Å². The van der Waals surface area contributed by atoms with E-state index in [4.69, 9.17) is 5.73 Å². The van der Waals surface area contributed by atoms with Crippen LogP contribution >= 0.6 is 0 Å². The van der Waals surface area contributed by atoms with Gasteiger partial charge < -0.3 is 5.73 Å². The van der Waals surface area contributed by atoms with Gasteiger partial charge in [0.1, 0.15) is 5.52 Å². The molecule has 13 heavy (non-hydrogen) atoms. The zero-order chi connectivity index (χ0) is 9.26. The molecule has 0 fully saturated rings. The molecule has 2 aromatic rings. The number of rotatable bonds is 1. The lowest BCUT2D eigenvalue weighted by molar-refractivity contribution is 0.859. The first-order valence-electron chi connectivity index (χ1n) is 4.09. The van der Waals surface area contributed by atoms with Crippen LogP contribution in [0.2, 0.25) is 0 Å². The number of nitrogens with two attached hydrogens (primary N) is 1. The van der Waals surface area contributed by atoms with Gasteiger partial charge in [-0.05, 0) is 24.6 Å². The molecule has 0 atom stereocenters. The van der Waals surface area contributed by atoms with Crippen LogP contribution < -0.4 is 5.73 Å². The second kappa shape index (κ2) is 3.06. The molecule has 0 bridgehead atoms. The summed E-state index contributed by atoms with van der Waals surface area (Å²) in [5.41, 5.74) is 8.24. The average Bonchev–Trinajstić information content (AvgIpc) is 2.16. The molecule has 0 saturated heterocycles. The Kier molecular flexibility index (Phi) is 1.90. The van der Waals surface area contributed by atoms with Crippen molar-refractivity contribution in [1.82, 2.24) is 15.2 Å². The zero-order valence-electron chi connectivity index (χ0n) is 7.36. The quantitative estimate of drug-likeness (QED) is 0.694. The number of fused-ring (bicyclic) bond motifs is 1. The molecular formula is C9H10N4. The zero-order valence-corrected chi connectivity index (χ0v) is 7.36. The van der Waals surface area contributed by atoms with Gasteiger partial charge in [0.15, 0.2) is 5.82 Å². The van der Waals surface area contributed by atoms with Crippen LogP contribution in [0.25, 0.3) is 11.0 Å². The summed E-state index contributed by atoms with van der Waals surface area (Å²) >= 11 is 0. The molecule has 4 heteroatoms. The summed E-state index contributed by atoms with van der Waals surface area (Å²) in [6.07, 6.45) is 0. The molecule has 2 N–H and O–H groups in total. The molecule has 4 nitrogen and oxygen atoms in total. The minimum Gasteiger partial charge on any atom is -0.324 e. The summed E-state index contributed by atoms with van der Waals surface area (Å²) in [5.74, 6) is 0.582. The highest BCUT2D eigenvalue weighted by Gasteiger charge is 1.99. The molecule has 0 radical (unpaired) electrons. The summed E-state index contributed by atoms with van der Waals surface area (Å²) in [5, 5.41) is 7.87. The van der Waals surface area contributed by atoms with E-state index in [2.05, 4.69) is 15.2 Å². The van der Waals surface area contributed by atoms with E-state index >= 15 is 0 Å². The predicted molar refractivity (Wildman–Crippen MR) is 50.0 cm³/mol. The molecule has 0 amide bonds. The highest BCUT2D eigenvalue weighted by molar-refractivity contribution is 5.74. The highest BCUT2D eigenvalue weighted by atomic mass is 15.2. The minimum atomic E-state index is 0.330. The van der Waals surface area contributed by atoms with Crippen molar-refractivity contribution in [2.75, 3.05) is 0 Å². The normalized spacial score (nSPS) is 10.6. The van der Waals surface area contributed by atoms with Crippen LogP contribution in [0.1, 0.15) is 11.4 Å². The van der Waals surface area contributed by atoms with Gasteiger partial charge >= 0.3 is 0 Å². The average molecular weight is 174 g/mol. The van der Waals surface area contributed by atoms with Gasteiger partial charge in [0.25, 0.3) is 0 Å². The van der Waals surface area contributed by atoms with Crippen molar-refractivity contribution in [2.24, 2.45) is 5.73 Å². The van der Waals surface area contributed by atoms with Crippen molar-refractivity contribution in [3.63, 3.8) is 0 Å². The van der Waals surface area contributed by atoms with Gasteiger partial charge in [0.05, 0.1) is 12.1 Å². The van der Waals surface area contributed by atoms with E-state index in [1.165, 1.54) is 0 Å². The molecule has 1 aromatic heterocycles. The van der Waals surface area contributed by atoms with E-state index in [1.807, 2.05) is 25.1 Å². The Bertz CT molecular complexity index is 439. The maximum Gasteiger partial charge on any atom is 0.165 e. The van der Waals surface area contributed by atoms with Crippen molar-refractivity contribution in [2.45, 2.75) is 13.5 Å². The van der Waals surface area contributed by atoms with E-state index in [0.717, 1.165) is 16.6 Å². The number of aryl methyl sites for hydroxylation is 1. The van der Waals surface area contributed by atoms with Crippen molar-refractivity contribution in [1.29, 1.82) is 0 Å². The summed E-state index contributed by atoms with van der Waals surface area (Å²) < 4.78 is 0. The lowest BCUT2D eigenvalue weighted by atomic mass is 10.2. The molecule has 0 aliphatic carbocycles. The Balaban J connectivity index is 2.68. The fraction of sp³-hybridized carbons (Fsp3) is 0.222. The van der Waals surface area contributed by atoms with Crippen LogP contribution in [0.4, 0.5) is 0 Å². The van der Waals surface area contributed by atoms with Gasteiger partial charge in [0, 0.05) is 0 Å². The number of nitrogens with zero attached hydrogens (tertiary/aromatic N) is 3. The fourth-order valence-electron chi connectivity index (χ4n) is 1.17. The van der Waals surface area contributed by atoms with E-state index in [1.54, 1.807) is 0 Å². The van der Waals surface area contributed by atoms with Crippen LogP contribution in [-0.4, -0.2) is 15.2 Å². The first-order valence-corrected chi connectivity index (χ1v) is 4.09. The van der Waals surface area contributed by atoms with E-state index in [0.29, 0.717) is 12.4 Å². The SMILES string of the molecule is Cc1ccc2nnc(CN)nc2c1. The Hall–Kier alpha value is -1.55. The second-order valence-corrected chi connectivity index (χ2v) is 2.92. The maximum atomic E-state index is 5.41. The van der Waals surface area contributed by atoms with Crippen LogP contribution in [0, 0.1) is 6.92 Å². The predicted octanol–water partition coefficient (Wildman–Crippen LogP) is 0.792. The molecular weight excluding hydrogens is 164 g/mol. The minimum absolute atomic E-state index is 0.330. The molecule has 2 rings (SSSR count). The standard InChI is InChI=1S/C9H10N4/c1-6-2-3-7-8(4-6)11-9(5-10)13-12-7/h2-4H,5,10H2,1H3. The summed E-state index contributed by atoms with van der Waals surface area (Å²) in [7, 11) is 0. The third kappa shape index (κ3) is 1.48. The highest BCUT2D eigenvalue weighted by Crippen LogP contribution is 2.09. The Morgan fingerprint density at radius 3 is 2.85 bits per heavy atom. The second-order valence-electron chi connectivity index (χ2n) is 2.92. The largest absolute Gasteiger partial charge is 0.324 e. The van der Waals surface area contributed by atoms with Crippen LogP contribution in [0.3, 0.4) is 0 Å². The monoisotopic (exact) mass is 174 g/mol. The molecule has 0 unspecified atom stereocenters. The van der Waals surface area contributed by atoms with Crippen molar-refractivity contribution < 1.29 is 0 Å². The first kappa shape index (κ1) is 8.07. The van der Waals surface area contributed by atoms with Gasteiger partial charge in [-0.1, -0.05) is 6.07 Å². The maximum absolute atomic E-state index is 5.41. The third-order valence-corrected chi connectivity index (χ3v) is 1.84. The van der Waals surface area contributed by atoms with Gasteiger partial charge in [0.2, 0.25) is 0 Å². The first-order chi connectivity index (χ1) is 6.29. The van der Waals surface area contributed by atoms with Crippen molar-refractivity contribution in [3.8, 4) is 0 Å².